The number of benzene rings is 5. The van der Waals surface area contributed by atoms with Crippen molar-refractivity contribution in [2.24, 2.45) is 17.8 Å². The lowest BCUT2D eigenvalue weighted by molar-refractivity contribution is -0.808. The summed E-state index contributed by atoms with van der Waals surface area (Å²) in [6, 6.07) is 38.7. The molecule has 0 amide bonds. The Bertz CT molecular complexity index is 2010. The number of aromatic nitrogens is 6. The van der Waals surface area contributed by atoms with Gasteiger partial charge in [-0.15, -0.1) is 0 Å². The average Bonchev–Trinajstić information content (AvgIpc) is 3.76. The van der Waals surface area contributed by atoms with E-state index in [1.54, 1.807) is 0 Å². The lowest BCUT2D eigenvalue weighted by Gasteiger charge is -2.27. The van der Waals surface area contributed by atoms with Crippen molar-refractivity contribution in [1.82, 2.24) is 25.6 Å². The van der Waals surface area contributed by atoms with E-state index in [0.29, 0.717) is 24.3 Å². The second-order valence-corrected chi connectivity index (χ2v) is 14.4. The van der Waals surface area contributed by atoms with Crippen LogP contribution in [0.1, 0.15) is 41.5 Å². The number of nitrogens with one attached hydrogen (secondary N) is 1. The van der Waals surface area contributed by atoms with Crippen LogP contribution in [0.4, 0.5) is 22.7 Å². The number of aromatic amines is 1. The summed E-state index contributed by atoms with van der Waals surface area (Å²) >= 11 is 0. The molecule has 5 aromatic carbocycles. The van der Waals surface area contributed by atoms with Gasteiger partial charge < -0.3 is 9.80 Å². The minimum Gasteiger partial charge on any atom is -0.341 e. The van der Waals surface area contributed by atoms with E-state index < -0.39 is 0 Å². The molecule has 0 bridgehead atoms. The molecule has 7 rings (SSSR count). The van der Waals surface area contributed by atoms with Gasteiger partial charge in [0.1, 0.15) is 11.0 Å². The molecule has 0 radical (unpaired) electrons. The predicted molar refractivity (Wildman–Crippen MR) is 205 cm³/mol. The van der Waals surface area contributed by atoms with E-state index in [4.69, 9.17) is 20.4 Å². The highest BCUT2D eigenvalue weighted by atomic mass is 15.5. The maximum atomic E-state index is 5.11. The van der Waals surface area contributed by atoms with E-state index in [9.17, 15) is 0 Å². The molecule has 50 heavy (non-hydrogen) atoms. The van der Waals surface area contributed by atoms with Crippen LogP contribution in [0.15, 0.2) is 109 Å². The predicted octanol–water partition coefficient (Wildman–Crippen LogP) is 9.33. The largest absolute Gasteiger partial charge is 0.341 e. The topological polar surface area (TPSA) is 78.9 Å². The summed E-state index contributed by atoms with van der Waals surface area (Å²) in [4.78, 5) is 6.59. The first kappa shape index (κ1) is 33.0. The standard InChI is InChI=1S/C42H46N8/c1-28(2)25-48(33-13-9-7-10-14-33)35-21-17-31(18-22-35)37-39-40(44-47-43-39)38(42-41(37)45-50(46-42)27-30(5)6)32-19-23-36(24-20-32)49(26-29(3)4)34-15-11-8-12-16-34/h7-24,28-30H,25-27H2,1-6H3,(H,43,44,47). The van der Waals surface area contributed by atoms with Gasteiger partial charge in [0.2, 0.25) is 0 Å². The Morgan fingerprint density at radius 3 is 1.44 bits per heavy atom. The molecule has 0 spiro atoms. The quantitative estimate of drug-likeness (QED) is 0.131. The fourth-order valence-corrected chi connectivity index (χ4v) is 6.73. The molecule has 254 valence electrons. The number of rotatable bonds is 12. The molecule has 0 fully saturated rings. The van der Waals surface area contributed by atoms with Crippen molar-refractivity contribution in [2.75, 3.05) is 22.9 Å². The molecular formula is C42H46N8. The first-order valence-corrected chi connectivity index (χ1v) is 17.7. The molecule has 0 atom stereocenters. The highest BCUT2D eigenvalue weighted by Gasteiger charge is 2.23. The van der Waals surface area contributed by atoms with Gasteiger partial charge in [0.05, 0.1) is 0 Å². The van der Waals surface area contributed by atoms with Gasteiger partial charge in [-0.3, -0.25) is 0 Å². The summed E-state index contributed by atoms with van der Waals surface area (Å²) in [6.07, 6.45) is 0. The van der Waals surface area contributed by atoms with Crippen LogP contribution in [0.3, 0.4) is 0 Å². The maximum absolute atomic E-state index is 5.11. The highest BCUT2D eigenvalue weighted by Crippen LogP contribution is 2.41. The second kappa shape index (κ2) is 14.2. The van der Waals surface area contributed by atoms with Crippen molar-refractivity contribution in [1.29, 1.82) is 0 Å². The zero-order valence-electron chi connectivity index (χ0n) is 29.9. The van der Waals surface area contributed by atoms with Crippen LogP contribution in [0.5, 0.6) is 0 Å². The number of hydrogen-bond acceptors (Lipinski definition) is 5. The molecule has 0 unspecified atom stereocenters. The molecule has 0 aliphatic heterocycles. The smallest absolute Gasteiger partial charge is 0.165 e. The maximum Gasteiger partial charge on any atom is 0.165 e. The van der Waals surface area contributed by atoms with Crippen molar-refractivity contribution in [3.8, 4) is 22.3 Å². The summed E-state index contributed by atoms with van der Waals surface area (Å²) in [7, 11) is 0. The third-order valence-corrected chi connectivity index (χ3v) is 8.85. The number of H-pyrrole nitrogens is 1. The summed E-state index contributed by atoms with van der Waals surface area (Å²) in [6.45, 7) is 15.9. The fraction of sp³-hybridized carbons (Fsp3) is 0.286. The van der Waals surface area contributed by atoms with E-state index >= 15 is 0 Å². The van der Waals surface area contributed by atoms with E-state index in [0.717, 1.165) is 68.8 Å². The Morgan fingerprint density at radius 2 is 0.980 bits per heavy atom. The third kappa shape index (κ3) is 6.70. The Hall–Kier alpha value is -5.50. The van der Waals surface area contributed by atoms with E-state index in [-0.39, 0.29) is 0 Å². The SMILES string of the molecule is CC(C)CN(c1ccccc1)c1ccc(-c2c3n[nH]nc3c(-c3ccc(N(CC(C)C)c4ccccc4)cc3)c3[n-][n+](CC(C)C)nc23)cc1. The summed E-state index contributed by atoms with van der Waals surface area (Å²) in [5.74, 6) is 1.39. The second-order valence-electron chi connectivity index (χ2n) is 14.4. The minimum absolute atomic E-state index is 0.389. The average molecular weight is 663 g/mol. The van der Waals surface area contributed by atoms with Crippen LogP contribution < -0.4 is 19.7 Å². The normalized spacial score (nSPS) is 11.8. The Morgan fingerprint density at radius 1 is 0.540 bits per heavy atom. The Balaban J connectivity index is 1.34. The lowest BCUT2D eigenvalue weighted by Crippen LogP contribution is -2.42. The van der Waals surface area contributed by atoms with Crippen LogP contribution >= 0.6 is 0 Å². The van der Waals surface area contributed by atoms with Crippen molar-refractivity contribution in [3.05, 3.63) is 109 Å². The van der Waals surface area contributed by atoms with Crippen LogP contribution in [-0.2, 0) is 6.54 Å². The van der Waals surface area contributed by atoms with Gasteiger partial charge in [-0.05, 0) is 71.5 Å². The molecular weight excluding hydrogens is 617 g/mol. The first-order valence-electron chi connectivity index (χ1n) is 17.7. The van der Waals surface area contributed by atoms with Crippen LogP contribution in [0.25, 0.3) is 44.3 Å². The van der Waals surface area contributed by atoms with Gasteiger partial charge in [0.25, 0.3) is 0 Å². The van der Waals surface area contributed by atoms with Crippen LogP contribution in [0.2, 0.25) is 0 Å². The monoisotopic (exact) mass is 662 g/mol. The molecule has 8 heteroatoms. The zero-order chi connectivity index (χ0) is 34.8. The molecule has 8 nitrogen and oxygen atoms in total. The molecule has 2 aromatic heterocycles. The third-order valence-electron chi connectivity index (χ3n) is 8.85. The number of anilines is 4. The van der Waals surface area contributed by atoms with Gasteiger partial charge >= 0.3 is 0 Å². The first-order chi connectivity index (χ1) is 24.3. The van der Waals surface area contributed by atoms with Crippen LogP contribution in [-0.4, -0.2) is 33.6 Å². The van der Waals surface area contributed by atoms with E-state index in [1.807, 2.05) is 4.80 Å². The number of fused-ring (bicyclic) bond motifs is 2. The van der Waals surface area contributed by atoms with Crippen LogP contribution in [0, 0.1) is 17.8 Å². The van der Waals surface area contributed by atoms with Gasteiger partial charge in [-0.2, -0.15) is 30.4 Å². The zero-order valence-corrected chi connectivity index (χ0v) is 29.9. The van der Waals surface area contributed by atoms with Crippen molar-refractivity contribution >= 4 is 44.8 Å². The number of hydrogen-bond donors (Lipinski definition) is 1. The molecule has 0 aliphatic carbocycles. The van der Waals surface area contributed by atoms with E-state index in [2.05, 4.69) is 166 Å². The Kier molecular flexibility index (Phi) is 9.35. The summed E-state index contributed by atoms with van der Waals surface area (Å²) in [5.41, 5.74) is 11.8. The number of para-hydroxylation sites is 2. The molecule has 1 N–H and O–H groups in total. The molecule has 0 aliphatic rings. The molecule has 2 heterocycles. The summed E-state index contributed by atoms with van der Waals surface area (Å²) in [5, 5.41) is 22.6. The molecule has 0 saturated carbocycles. The van der Waals surface area contributed by atoms with Gasteiger partial charge in [-0.25, -0.2) is 0 Å². The van der Waals surface area contributed by atoms with Gasteiger partial charge in [0, 0.05) is 63.9 Å². The lowest BCUT2D eigenvalue weighted by atomic mass is 9.95. The Labute approximate surface area is 294 Å². The highest BCUT2D eigenvalue weighted by molar-refractivity contribution is 6.16. The fourth-order valence-electron chi connectivity index (χ4n) is 6.73. The van der Waals surface area contributed by atoms with Crippen molar-refractivity contribution in [2.45, 2.75) is 48.1 Å². The van der Waals surface area contributed by atoms with Gasteiger partial charge in [0.15, 0.2) is 6.54 Å². The van der Waals surface area contributed by atoms with Crippen molar-refractivity contribution in [3.63, 3.8) is 0 Å². The van der Waals surface area contributed by atoms with Crippen molar-refractivity contribution < 1.29 is 4.80 Å². The summed E-state index contributed by atoms with van der Waals surface area (Å²) < 4.78 is 0. The number of nitrogens with zero attached hydrogens (tertiary/aromatic N) is 7. The molecule has 0 saturated heterocycles. The molecule has 7 aromatic rings. The minimum atomic E-state index is 0.389. The van der Waals surface area contributed by atoms with E-state index in [1.165, 1.54) is 11.4 Å². The van der Waals surface area contributed by atoms with Gasteiger partial charge in [-0.1, -0.05) is 102 Å².